The van der Waals surface area contributed by atoms with Crippen molar-refractivity contribution in [2.45, 2.75) is 96.8 Å². The number of hydrogen-bond donors (Lipinski definition) is 0. The van der Waals surface area contributed by atoms with Crippen LogP contribution >= 0.6 is 0 Å². The van der Waals surface area contributed by atoms with Crippen molar-refractivity contribution in [3.63, 3.8) is 0 Å². The van der Waals surface area contributed by atoms with Crippen LogP contribution in [0, 0.1) is 11.8 Å². The Morgan fingerprint density at radius 2 is 1.45 bits per heavy atom. The molecule has 0 spiro atoms. The Bertz CT molecular complexity index is 281. The predicted molar refractivity (Wildman–Crippen MR) is 89.6 cm³/mol. The zero-order valence-corrected chi connectivity index (χ0v) is 13.7. The smallest absolute Gasteiger partial charge is 0.0388 e. The minimum atomic E-state index is 0.830. The van der Waals surface area contributed by atoms with Gasteiger partial charge in [0.15, 0.2) is 0 Å². The number of aliphatic imine (C=N–C) groups is 1. The molecule has 1 nitrogen and oxygen atoms in total. The monoisotopic (exact) mass is 277 g/mol. The molecule has 0 radical (unpaired) electrons. The first-order valence-electron chi connectivity index (χ1n) is 9.45. The van der Waals surface area contributed by atoms with E-state index in [1.54, 1.807) is 5.71 Å². The fraction of sp³-hybridized carbons (Fsp3) is 0.947. The van der Waals surface area contributed by atoms with E-state index in [4.69, 9.17) is 4.99 Å². The second kappa shape index (κ2) is 9.58. The van der Waals surface area contributed by atoms with Gasteiger partial charge < -0.3 is 0 Å². The third kappa shape index (κ3) is 5.22. The van der Waals surface area contributed by atoms with E-state index < -0.39 is 0 Å². The molecule has 0 bridgehead atoms. The van der Waals surface area contributed by atoms with Gasteiger partial charge in [0.1, 0.15) is 0 Å². The van der Waals surface area contributed by atoms with E-state index in [0.29, 0.717) is 0 Å². The molecular weight excluding hydrogens is 242 g/mol. The summed E-state index contributed by atoms with van der Waals surface area (Å²) >= 11 is 0. The molecule has 2 rings (SSSR count). The first kappa shape index (κ1) is 16.0. The van der Waals surface area contributed by atoms with Crippen molar-refractivity contribution in [1.82, 2.24) is 0 Å². The van der Waals surface area contributed by atoms with Crippen LogP contribution in [0.1, 0.15) is 96.8 Å². The summed E-state index contributed by atoms with van der Waals surface area (Å²) in [5, 5.41) is 0. The lowest BCUT2D eigenvalue weighted by Crippen LogP contribution is -2.24. The summed E-state index contributed by atoms with van der Waals surface area (Å²) in [6.07, 6.45) is 19.8. The summed E-state index contributed by atoms with van der Waals surface area (Å²) in [5.74, 6) is 1.75. The quantitative estimate of drug-likeness (QED) is 0.572. The zero-order chi connectivity index (χ0) is 14.0. The Morgan fingerprint density at radius 3 is 2.25 bits per heavy atom. The molecule has 1 aliphatic carbocycles. The molecule has 0 saturated heterocycles. The van der Waals surface area contributed by atoms with Gasteiger partial charge in [-0.1, -0.05) is 64.7 Å². The van der Waals surface area contributed by atoms with Crippen molar-refractivity contribution < 1.29 is 0 Å². The topological polar surface area (TPSA) is 12.4 Å². The van der Waals surface area contributed by atoms with Crippen LogP contribution < -0.4 is 0 Å². The lowest BCUT2D eigenvalue weighted by atomic mass is 9.79. The maximum absolute atomic E-state index is 5.08. The number of rotatable bonds is 2. The lowest BCUT2D eigenvalue weighted by molar-refractivity contribution is 0.350. The average molecular weight is 277 g/mol. The molecule has 2 aliphatic rings. The van der Waals surface area contributed by atoms with Crippen molar-refractivity contribution >= 4 is 5.71 Å². The highest BCUT2D eigenvalue weighted by Crippen LogP contribution is 2.32. The predicted octanol–water partition coefficient (Wildman–Crippen LogP) is 6.17. The summed E-state index contributed by atoms with van der Waals surface area (Å²) in [6.45, 7) is 3.52. The van der Waals surface area contributed by atoms with Crippen LogP contribution in [0.15, 0.2) is 4.99 Å². The van der Waals surface area contributed by atoms with E-state index in [1.807, 2.05) is 0 Å². The largest absolute Gasteiger partial charge is 0.294 e. The van der Waals surface area contributed by atoms with E-state index in [0.717, 1.165) is 18.4 Å². The molecule has 0 aromatic heterocycles. The van der Waals surface area contributed by atoms with Crippen molar-refractivity contribution in [1.29, 1.82) is 0 Å². The highest BCUT2D eigenvalue weighted by Gasteiger charge is 2.25. The first-order valence-corrected chi connectivity index (χ1v) is 9.45. The van der Waals surface area contributed by atoms with Crippen LogP contribution in [0.2, 0.25) is 0 Å². The maximum atomic E-state index is 5.08. The van der Waals surface area contributed by atoms with Crippen LogP contribution in [0.4, 0.5) is 0 Å². The fourth-order valence-corrected chi connectivity index (χ4v) is 4.22. The van der Waals surface area contributed by atoms with E-state index in [1.165, 1.54) is 89.9 Å². The van der Waals surface area contributed by atoms with Gasteiger partial charge >= 0.3 is 0 Å². The molecular formula is C19H35N. The standard InChI is InChI=1S/C19H35N/c1-2-17-13-9-5-3-6-10-14-18(17)19-15-11-7-4-8-12-16-20-19/h17-18H,2-16H2,1H3/b20-19+. The fourth-order valence-electron chi connectivity index (χ4n) is 4.22. The average Bonchev–Trinajstić information content (AvgIpc) is 2.68. The Labute approximate surface area is 126 Å². The van der Waals surface area contributed by atoms with E-state index in [-0.39, 0.29) is 0 Å². The summed E-state index contributed by atoms with van der Waals surface area (Å²) in [7, 11) is 0. The van der Waals surface area contributed by atoms with Crippen molar-refractivity contribution in [2.24, 2.45) is 16.8 Å². The third-order valence-corrected chi connectivity index (χ3v) is 5.52. The highest BCUT2D eigenvalue weighted by molar-refractivity contribution is 5.87. The van der Waals surface area contributed by atoms with Crippen molar-refractivity contribution in [2.75, 3.05) is 6.54 Å². The van der Waals surface area contributed by atoms with Crippen molar-refractivity contribution in [3.05, 3.63) is 0 Å². The number of nitrogens with zero attached hydrogens (tertiary/aromatic N) is 1. The summed E-state index contributed by atoms with van der Waals surface area (Å²) in [4.78, 5) is 5.08. The SMILES string of the molecule is CCC1CCCCCCCC1/C1=N/CCCCCCC1. The molecule has 1 aliphatic heterocycles. The molecule has 1 heterocycles. The minimum absolute atomic E-state index is 0.830. The second-order valence-electron chi connectivity index (χ2n) is 7.01. The normalized spacial score (nSPS) is 33.5. The Kier molecular flexibility index (Phi) is 7.69. The van der Waals surface area contributed by atoms with Gasteiger partial charge in [0.25, 0.3) is 0 Å². The van der Waals surface area contributed by atoms with Gasteiger partial charge in [0.05, 0.1) is 0 Å². The van der Waals surface area contributed by atoms with Crippen LogP contribution in [0.3, 0.4) is 0 Å². The van der Waals surface area contributed by atoms with E-state index in [2.05, 4.69) is 6.92 Å². The number of hydrogen-bond acceptors (Lipinski definition) is 1. The molecule has 0 aromatic rings. The van der Waals surface area contributed by atoms with Crippen LogP contribution in [-0.4, -0.2) is 12.3 Å². The molecule has 0 N–H and O–H groups in total. The van der Waals surface area contributed by atoms with Gasteiger partial charge in [-0.05, 0) is 43.9 Å². The molecule has 1 saturated carbocycles. The van der Waals surface area contributed by atoms with Crippen molar-refractivity contribution in [3.8, 4) is 0 Å². The van der Waals surface area contributed by atoms with Gasteiger partial charge in [-0.25, -0.2) is 0 Å². The molecule has 0 amide bonds. The molecule has 2 atom stereocenters. The Morgan fingerprint density at radius 1 is 0.800 bits per heavy atom. The Hall–Kier alpha value is -0.330. The maximum Gasteiger partial charge on any atom is 0.0388 e. The van der Waals surface area contributed by atoms with Gasteiger partial charge in [-0.2, -0.15) is 0 Å². The van der Waals surface area contributed by atoms with Crippen LogP contribution in [0.5, 0.6) is 0 Å². The van der Waals surface area contributed by atoms with E-state index >= 15 is 0 Å². The summed E-state index contributed by atoms with van der Waals surface area (Å²) in [6, 6.07) is 0. The molecule has 1 fully saturated rings. The lowest BCUT2D eigenvalue weighted by Gasteiger charge is -2.27. The van der Waals surface area contributed by atoms with Gasteiger partial charge in [-0.3, -0.25) is 4.99 Å². The zero-order valence-electron chi connectivity index (χ0n) is 13.7. The van der Waals surface area contributed by atoms with Gasteiger partial charge in [0, 0.05) is 12.3 Å². The summed E-state index contributed by atoms with van der Waals surface area (Å²) < 4.78 is 0. The highest BCUT2D eigenvalue weighted by atomic mass is 14.7. The minimum Gasteiger partial charge on any atom is -0.294 e. The molecule has 0 aromatic carbocycles. The molecule has 1 heteroatoms. The molecule has 20 heavy (non-hydrogen) atoms. The van der Waals surface area contributed by atoms with Crippen LogP contribution in [-0.2, 0) is 0 Å². The first-order chi connectivity index (χ1) is 9.92. The van der Waals surface area contributed by atoms with Crippen LogP contribution in [0.25, 0.3) is 0 Å². The van der Waals surface area contributed by atoms with Gasteiger partial charge in [0.2, 0.25) is 0 Å². The molecule has 2 unspecified atom stereocenters. The Balaban J connectivity index is 2.05. The van der Waals surface area contributed by atoms with E-state index in [9.17, 15) is 0 Å². The van der Waals surface area contributed by atoms with Gasteiger partial charge in [-0.15, -0.1) is 0 Å². The molecule has 116 valence electrons. The second-order valence-corrected chi connectivity index (χ2v) is 7.01. The third-order valence-electron chi connectivity index (χ3n) is 5.52. The summed E-state index contributed by atoms with van der Waals surface area (Å²) in [5.41, 5.74) is 1.63.